The van der Waals surface area contributed by atoms with Gasteiger partial charge in [0, 0.05) is 0 Å². The standard InChI is InChI=1S/C22H25N/c1-2-6-17-9-12-20(13-10-17)21-14-11-18(16-23)15-22(21)19-7-4-3-5-8-19/h9-15,19H,2-8H2,1H3. The predicted octanol–water partition coefficient (Wildman–Crippen LogP) is 6.23. The van der Waals surface area contributed by atoms with Gasteiger partial charge in [0.1, 0.15) is 0 Å². The Labute approximate surface area is 140 Å². The van der Waals surface area contributed by atoms with E-state index in [-0.39, 0.29) is 0 Å². The van der Waals surface area contributed by atoms with Crippen LogP contribution in [0.3, 0.4) is 0 Å². The molecule has 0 saturated heterocycles. The molecular weight excluding hydrogens is 278 g/mol. The summed E-state index contributed by atoms with van der Waals surface area (Å²) in [7, 11) is 0. The largest absolute Gasteiger partial charge is 0.192 e. The molecule has 0 spiro atoms. The fourth-order valence-electron chi connectivity index (χ4n) is 3.79. The van der Waals surface area contributed by atoms with Crippen molar-refractivity contribution >= 4 is 0 Å². The molecule has 1 nitrogen and oxygen atoms in total. The van der Waals surface area contributed by atoms with Gasteiger partial charge in [-0.15, -0.1) is 0 Å². The Morgan fingerprint density at radius 1 is 1.00 bits per heavy atom. The van der Waals surface area contributed by atoms with Crippen molar-refractivity contribution in [2.24, 2.45) is 0 Å². The molecule has 0 aromatic heterocycles. The van der Waals surface area contributed by atoms with Crippen LogP contribution in [0.2, 0.25) is 0 Å². The molecule has 0 radical (unpaired) electrons. The molecule has 1 aliphatic rings. The minimum Gasteiger partial charge on any atom is -0.192 e. The van der Waals surface area contributed by atoms with Crippen LogP contribution in [-0.2, 0) is 6.42 Å². The molecular formula is C22H25N. The number of aryl methyl sites for hydroxylation is 1. The van der Waals surface area contributed by atoms with Crippen LogP contribution >= 0.6 is 0 Å². The summed E-state index contributed by atoms with van der Waals surface area (Å²) in [6, 6.07) is 17.6. The molecule has 3 rings (SSSR count). The minimum absolute atomic E-state index is 0.613. The maximum absolute atomic E-state index is 9.27. The lowest BCUT2D eigenvalue weighted by molar-refractivity contribution is 0.444. The maximum atomic E-state index is 9.27. The van der Waals surface area contributed by atoms with E-state index >= 15 is 0 Å². The van der Waals surface area contributed by atoms with Crippen LogP contribution in [0.5, 0.6) is 0 Å². The van der Waals surface area contributed by atoms with E-state index in [0.29, 0.717) is 5.92 Å². The fraction of sp³-hybridized carbons (Fsp3) is 0.409. The lowest BCUT2D eigenvalue weighted by atomic mass is 9.80. The molecule has 2 aromatic rings. The zero-order valence-electron chi connectivity index (χ0n) is 14.0. The number of benzene rings is 2. The van der Waals surface area contributed by atoms with Gasteiger partial charge in [-0.3, -0.25) is 0 Å². The van der Waals surface area contributed by atoms with Crippen LogP contribution in [0.1, 0.15) is 68.1 Å². The highest BCUT2D eigenvalue weighted by molar-refractivity contribution is 5.69. The zero-order chi connectivity index (χ0) is 16.1. The second-order valence-electron chi connectivity index (χ2n) is 6.70. The van der Waals surface area contributed by atoms with Gasteiger partial charge in [0.15, 0.2) is 0 Å². The average molecular weight is 303 g/mol. The molecule has 1 aliphatic carbocycles. The highest BCUT2D eigenvalue weighted by Gasteiger charge is 2.19. The highest BCUT2D eigenvalue weighted by Crippen LogP contribution is 2.38. The summed E-state index contributed by atoms with van der Waals surface area (Å²) in [5.41, 5.74) is 6.18. The van der Waals surface area contributed by atoms with Gasteiger partial charge in [0.25, 0.3) is 0 Å². The van der Waals surface area contributed by atoms with Crippen molar-refractivity contribution in [2.45, 2.75) is 57.8 Å². The van der Waals surface area contributed by atoms with Crippen molar-refractivity contribution in [3.63, 3.8) is 0 Å². The molecule has 0 aliphatic heterocycles. The molecule has 0 N–H and O–H groups in total. The van der Waals surface area contributed by atoms with Crippen molar-refractivity contribution in [1.29, 1.82) is 5.26 Å². The summed E-state index contributed by atoms with van der Waals surface area (Å²) in [5, 5.41) is 9.27. The number of nitrogens with zero attached hydrogens (tertiary/aromatic N) is 1. The first-order valence-electron chi connectivity index (χ1n) is 8.95. The summed E-state index contributed by atoms with van der Waals surface area (Å²) >= 11 is 0. The van der Waals surface area contributed by atoms with Crippen LogP contribution in [0.15, 0.2) is 42.5 Å². The van der Waals surface area contributed by atoms with E-state index in [1.54, 1.807) is 0 Å². The molecule has 0 unspecified atom stereocenters. The van der Waals surface area contributed by atoms with E-state index in [1.165, 1.54) is 60.8 Å². The Morgan fingerprint density at radius 3 is 2.39 bits per heavy atom. The molecule has 2 aromatic carbocycles. The highest BCUT2D eigenvalue weighted by atomic mass is 14.3. The third-order valence-corrected chi connectivity index (χ3v) is 5.03. The topological polar surface area (TPSA) is 23.8 Å². The Kier molecular flexibility index (Phi) is 5.13. The van der Waals surface area contributed by atoms with Gasteiger partial charge < -0.3 is 0 Å². The first kappa shape index (κ1) is 15.8. The monoisotopic (exact) mass is 303 g/mol. The number of rotatable bonds is 4. The summed E-state index contributed by atoms with van der Waals surface area (Å²) < 4.78 is 0. The van der Waals surface area contributed by atoms with Crippen LogP contribution in [-0.4, -0.2) is 0 Å². The molecule has 1 fully saturated rings. The van der Waals surface area contributed by atoms with E-state index in [2.05, 4.69) is 49.4 Å². The molecule has 118 valence electrons. The third kappa shape index (κ3) is 3.64. The van der Waals surface area contributed by atoms with Gasteiger partial charge in [0.05, 0.1) is 11.6 Å². The minimum atomic E-state index is 0.613. The first-order chi connectivity index (χ1) is 11.3. The SMILES string of the molecule is CCCc1ccc(-c2ccc(C#N)cc2C2CCCCC2)cc1. The van der Waals surface area contributed by atoms with Gasteiger partial charge in [-0.05, 0) is 59.6 Å². The lowest BCUT2D eigenvalue weighted by Gasteiger charge is -2.25. The van der Waals surface area contributed by atoms with Gasteiger partial charge in [0.2, 0.25) is 0 Å². The van der Waals surface area contributed by atoms with Gasteiger partial charge in [-0.25, -0.2) is 0 Å². The third-order valence-electron chi connectivity index (χ3n) is 5.03. The average Bonchev–Trinajstić information content (AvgIpc) is 2.63. The van der Waals surface area contributed by atoms with E-state index in [0.717, 1.165) is 12.0 Å². The molecule has 1 heteroatoms. The van der Waals surface area contributed by atoms with E-state index in [9.17, 15) is 5.26 Å². The smallest absolute Gasteiger partial charge is 0.0991 e. The summed E-state index contributed by atoms with van der Waals surface area (Å²) in [4.78, 5) is 0. The Bertz CT molecular complexity index is 685. The Hall–Kier alpha value is -2.07. The molecule has 0 atom stereocenters. The van der Waals surface area contributed by atoms with Crippen LogP contribution in [0.25, 0.3) is 11.1 Å². The summed E-state index contributed by atoms with van der Waals surface area (Å²) in [6.07, 6.45) is 8.83. The normalized spacial score (nSPS) is 15.3. The zero-order valence-corrected chi connectivity index (χ0v) is 14.0. The number of hydrogen-bond donors (Lipinski definition) is 0. The van der Waals surface area contributed by atoms with Crippen LogP contribution < -0.4 is 0 Å². The van der Waals surface area contributed by atoms with E-state index < -0.39 is 0 Å². The van der Waals surface area contributed by atoms with Crippen molar-refractivity contribution < 1.29 is 0 Å². The molecule has 23 heavy (non-hydrogen) atoms. The summed E-state index contributed by atoms with van der Waals surface area (Å²) in [6.45, 7) is 2.22. The number of nitriles is 1. The number of hydrogen-bond acceptors (Lipinski definition) is 1. The van der Waals surface area contributed by atoms with Crippen molar-refractivity contribution in [3.05, 3.63) is 59.2 Å². The lowest BCUT2D eigenvalue weighted by Crippen LogP contribution is -2.06. The van der Waals surface area contributed by atoms with Crippen molar-refractivity contribution in [2.75, 3.05) is 0 Å². The first-order valence-corrected chi connectivity index (χ1v) is 8.95. The molecule has 0 bridgehead atoms. The Balaban J connectivity index is 1.98. The van der Waals surface area contributed by atoms with Gasteiger partial charge in [-0.2, -0.15) is 5.26 Å². The van der Waals surface area contributed by atoms with Crippen molar-refractivity contribution in [3.8, 4) is 17.2 Å². The molecule has 1 saturated carbocycles. The second-order valence-corrected chi connectivity index (χ2v) is 6.70. The van der Waals surface area contributed by atoms with E-state index in [4.69, 9.17) is 0 Å². The molecule has 0 heterocycles. The van der Waals surface area contributed by atoms with E-state index in [1.807, 2.05) is 6.07 Å². The fourth-order valence-corrected chi connectivity index (χ4v) is 3.79. The van der Waals surface area contributed by atoms with Gasteiger partial charge >= 0.3 is 0 Å². The van der Waals surface area contributed by atoms with Crippen LogP contribution in [0.4, 0.5) is 0 Å². The second kappa shape index (κ2) is 7.47. The maximum Gasteiger partial charge on any atom is 0.0991 e. The van der Waals surface area contributed by atoms with Crippen LogP contribution in [0, 0.1) is 11.3 Å². The quantitative estimate of drug-likeness (QED) is 0.657. The van der Waals surface area contributed by atoms with Crippen molar-refractivity contribution in [1.82, 2.24) is 0 Å². The van der Waals surface area contributed by atoms with Gasteiger partial charge in [-0.1, -0.05) is 62.9 Å². The summed E-state index contributed by atoms with van der Waals surface area (Å²) in [5.74, 6) is 0.613. The predicted molar refractivity (Wildman–Crippen MR) is 96.4 cm³/mol. The Morgan fingerprint density at radius 2 is 1.74 bits per heavy atom. The molecule has 0 amide bonds.